The molecule has 1 atom stereocenters. The summed E-state index contributed by atoms with van der Waals surface area (Å²) in [6.07, 6.45) is -4.53. The molecule has 1 aromatic rings. The van der Waals surface area contributed by atoms with E-state index in [0.717, 1.165) is 12.1 Å². The molecule has 0 heterocycles. The van der Waals surface area contributed by atoms with Crippen LogP contribution in [0.25, 0.3) is 0 Å². The number of hydrogen-bond acceptors (Lipinski definition) is 3. The molecule has 0 aliphatic carbocycles. The molecule has 1 aromatic carbocycles. The zero-order valence-electron chi connectivity index (χ0n) is 8.05. The van der Waals surface area contributed by atoms with E-state index in [2.05, 4.69) is 0 Å². The van der Waals surface area contributed by atoms with Crippen molar-refractivity contribution in [3.63, 3.8) is 0 Å². The third kappa shape index (κ3) is 2.58. The third-order valence-electron chi connectivity index (χ3n) is 2.09. The molecular weight excluding hydrogens is 245 g/mol. The molecule has 0 radical (unpaired) electrons. The zero-order valence-corrected chi connectivity index (χ0v) is 8.81. The van der Waals surface area contributed by atoms with Crippen molar-refractivity contribution in [3.8, 4) is 0 Å². The van der Waals surface area contributed by atoms with Crippen LogP contribution in [0.4, 0.5) is 18.9 Å². The molecule has 0 fully saturated rings. The van der Waals surface area contributed by atoms with Crippen LogP contribution in [-0.4, -0.2) is 11.7 Å². The molecule has 90 valence electrons. The first kappa shape index (κ1) is 13.1. The summed E-state index contributed by atoms with van der Waals surface area (Å²) in [5, 5.41) is 8.56. The van der Waals surface area contributed by atoms with Gasteiger partial charge in [-0.2, -0.15) is 13.2 Å². The second-order valence-corrected chi connectivity index (χ2v) is 3.65. The molecule has 16 heavy (non-hydrogen) atoms. The zero-order chi connectivity index (χ0) is 12.5. The van der Waals surface area contributed by atoms with Gasteiger partial charge in [0.25, 0.3) is 0 Å². The Labute approximate surface area is 94.8 Å². The van der Waals surface area contributed by atoms with Crippen molar-refractivity contribution in [3.05, 3.63) is 28.3 Å². The molecule has 0 saturated heterocycles. The van der Waals surface area contributed by atoms with Crippen LogP contribution >= 0.6 is 11.6 Å². The number of nitrogens with two attached hydrogens (primary N) is 2. The van der Waals surface area contributed by atoms with Crippen molar-refractivity contribution in [1.29, 1.82) is 0 Å². The minimum atomic E-state index is -4.53. The topological polar surface area (TPSA) is 72.3 Å². The molecule has 0 aromatic heterocycles. The van der Waals surface area contributed by atoms with Crippen molar-refractivity contribution in [2.75, 3.05) is 12.3 Å². The second-order valence-electron chi connectivity index (χ2n) is 3.25. The van der Waals surface area contributed by atoms with Crippen LogP contribution in [0.5, 0.6) is 0 Å². The Morgan fingerprint density at radius 1 is 1.38 bits per heavy atom. The van der Waals surface area contributed by atoms with Crippen molar-refractivity contribution in [2.45, 2.75) is 12.2 Å². The van der Waals surface area contributed by atoms with E-state index in [1.54, 1.807) is 0 Å². The molecular formula is C9H10ClF3N2O. The molecule has 0 aliphatic rings. The fraction of sp³-hybridized carbons (Fsp3) is 0.333. The Bertz CT molecular complexity index is 395. The van der Waals surface area contributed by atoms with Gasteiger partial charge in [-0.05, 0) is 17.7 Å². The van der Waals surface area contributed by atoms with E-state index in [1.807, 2.05) is 0 Å². The maximum Gasteiger partial charge on any atom is 0.416 e. The summed E-state index contributed by atoms with van der Waals surface area (Å²) in [5.41, 5.74) is 9.90. The van der Waals surface area contributed by atoms with E-state index >= 15 is 0 Å². The lowest BCUT2D eigenvalue weighted by Crippen LogP contribution is -2.18. The molecule has 0 spiro atoms. The molecule has 0 aliphatic heterocycles. The third-order valence-corrected chi connectivity index (χ3v) is 2.40. The minimum Gasteiger partial charge on any atom is -0.397 e. The van der Waals surface area contributed by atoms with Gasteiger partial charge in [0.2, 0.25) is 0 Å². The van der Waals surface area contributed by atoms with Gasteiger partial charge in [0, 0.05) is 0 Å². The van der Waals surface area contributed by atoms with E-state index in [-0.39, 0.29) is 16.3 Å². The van der Waals surface area contributed by atoms with Crippen LogP contribution < -0.4 is 11.5 Å². The van der Waals surface area contributed by atoms with Crippen LogP contribution in [0, 0.1) is 0 Å². The van der Waals surface area contributed by atoms with Gasteiger partial charge in [0.15, 0.2) is 0 Å². The molecule has 3 nitrogen and oxygen atoms in total. The maximum atomic E-state index is 12.4. The highest BCUT2D eigenvalue weighted by Gasteiger charge is 2.32. The fourth-order valence-corrected chi connectivity index (χ4v) is 1.43. The van der Waals surface area contributed by atoms with E-state index in [4.69, 9.17) is 28.2 Å². The van der Waals surface area contributed by atoms with E-state index in [9.17, 15) is 13.2 Å². The quantitative estimate of drug-likeness (QED) is 0.706. The van der Waals surface area contributed by atoms with E-state index in [0.29, 0.717) is 0 Å². The predicted octanol–water partition coefficient (Wildman–Crippen LogP) is 1.93. The molecule has 7 heteroatoms. The maximum absolute atomic E-state index is 12.4. The van der Waals surface area contributed by atoms with Crippen LogP contribution in [0.15, 0.2) is 12.1 Å². The summed E-state index contributed by atoms with van der Waals surface area (Å²) in [6, 6.07) is 0.534. The molecule has 0 bridgehead atoms. The normalized spacial score (nSPS) is 13.9. The van der Waals surface area contributed by atoms with Crippen LogP contribution in [0.2, 0.25) is 5.02 Å². The average Bonchev–Trinajstić information content (AvgIpc) is 2.19. The summed E-state index contributed by atoms with van der Waals surface area (Å²) in [6.45, 7) is -0.512. The van der Waals surface area contributed by atoms with Gasteiger partial charge in [-0.3, -0.25) is 0 Å². The SMILES string of the molecule is Nc1c(Cl)cc(C(F)(F)F)cc1[C@H](N)CO. The second kappa shape index (κ2) is 4.48. The fourth-order valence-electron chi connectivity index (χ4n) is 1.21. The summed E-state index contributed by atoms with van der Waals surface area (Å²) < 4.78 is 37.3. The summed E-state index contributed by atoms with van der Waals surface area (Å²) >= 11 is 5.56. The van der Waals surface area contributed by atoms with Crippen molar-refractivity contribution in [1.82, 2.24) is 0 Å². The van der Waals surface area contributed by atoms with Crippen LogP contribution in [0.3, 0.4) is 0 Å². The number of anilines is 1. The van der Waals surface area contributed by atoms with Gasteiger partial charge in [0.1, 0.15) is 0 Å². The number of rotatable bonds is 2. The molecule has 0 amide bonds. The Morgan fingerprint density at radius 2 is 1.94 bits per heavy atom. The van der Waals surface area contributed by atoms with Crippen molar-refractivity contribution < 1.29 is 18.3 Å². The number of benzene rings is 1. The highest BCUT2D eigenvalue weighted by Crippen LogP contribution is 2.36. The number of aliphatic hydroxyl groups is 1. The lowest BCUT2D eigenvalue weighted by Gasteiger charge is -2.16. The number of nitrogen functional groups attached to an aromatic ring is 1. The summed E-state index contributed by atoms with van der Waals surface area (Å²) in [7, 11) is 0. The van der Waals surface area contributed by atoms with Crippen LogP contribution in [0.1, 0.15) is 17.2 Å². The van der Waals surface area contributed by atoms with Gasteiger partial charge in [-0.15, -0.1) is 0 Å². The minimum absolute atomic E-state index is 0.0117. The Hall–Kier alpha value is -0.980. The van der Waals surface area contributed by atoms with E-state index < -0.39 is 24.4 Å². The first-order chi connectivity index (χ1) is 7.27. The molecule has 0 unspecified atom stereocenters. The smallest absolute Gasteiger partial charge is 0.397 e. The number of aliphatic hydroxyl groups excluding tert-OH is 1. The number of hydrogen-bond donors (Lipinski definition) is 3. The van der Waals surface area contributed by atoms with Gasteiger partial charge in [0.05, 0.1) is 28.9 Å². The lowest BCUT2D eigenvalue weighted by molar-refractivity contribution is -0.137. The van der Waals surface area contributed by atoms with Crippen molar-refractivity contribution >= 4 is 17.3 Å². The van der Waals surface area contributed by atoms with Crippen LogP contribution in [-0.2, 0) is 6.18 Å². The van der Waals surface area contributed by atoms with Gasteiger partial charge in [-0.25, -0.2) is 0 Å². The summed E-state index contributed by atoms with van der Waals surface area (Å²) in [4.78, 5) is 0. The predicted molar refractivity (Wildman–Crippen MR) is 54.9 cm³/mol. The Kier molecular flexibility index (Phi) is 3.67. The largest absolute Gasteiger partial charge is 0.416 e. The highest BCUT2D eigenvalue weighted by atomic mass is 35.5. The lowest BCUT2D eigenvalue weighted by atomic mass is 10.0. The molecule has 5 N–H and O–H groups in total. The van der Waals surface area contributed by atoms with Gasteiger partial charge in [-0.1, -0.05) is 11.6 Å². The molecule has 0 saturated carbocycles. The number of halogens is 4. The monoisotopic (exact) mass is 254 g/mol. The number of alkyl halides is 3. The van der Waals surface area contributed by atoms with Gasteiger partial charge >= 0.3 is 6.18 Å². The molecule has 1 rings (SSSR count). The van der Waals surface area contributed by atoms with Gasteiger partial charge < -0.3 is 16.6 Å². The standard InChI is InChI=1S/C9H10ClF3N2O/c10-6-2-4(9(11,12)13)1-5(8(6)15)7(14)3-16/h1-2,7,16H,3,14-15H2/t7-/m1/s1. The highest BCUT2D eigenvalue weighted by molar-refractivity contribution is 6.33. The Morgan fingerprint density at radius 3 is 2.38 bits per heavy atom. The summed E-state index contributed by atoms with van der Waals surface area (Å²) in [5.74, 6) is 0. The Balaban J connectivity index is 3.33. The van der Waals surface area contributed by atoms with Crippen molar-refractivity contribution in [2.24, 2.45) is 5.73 Å². The average molecular weight is 255 g/mol. The first-order valence-corrected chi connectivity index (χ1v) is 4.67. The first-order valence-electron chi connectivity index (χ1n) is 4.30. The van der Waals surface area contributed by atoms with E-state index in [1.165, 1.54) is 0 Å².